The predicted octanol–water partition coefficient (Wildman–Crippen LogP) is 4.14. The van der Waals surface area contributed by atoms with Crippen LogP contribution in [-0.2, 0) is 16.1 Å². The molecular weight excluding hydrogens is 414 g/mol. The van der Waals surface area contributed by atoms with E-state index in [2.05, 4.69) is 0 Å². The zero-order valence-corrected chi connectivity index (χ0v) is 17.3. The SMILES string of the molecule is O=C1C(=O)N(Cc2ccccc2)[C@@H](c2cccs2)/C1=C(\O)c1ccc2c(c1)OCCO2. The van der Waals surface area contributed by atoms with Crippen molar-refractivity contribution in [3.05, 3.63) is 87.6 Å². The molecular formula is C24H19NO5S. The largest absolute Gasteiger partial charge is 0.507 e. The third-order valence-corrected chi connectivity index (χ3v) is 6.29. The Morgan fingerprint density at radius 3 is 2.52 bits per heavy atom. The summed E-state index contributed by atoms with van der Waals surface area (Å²) in [5.74, 6) is -0.448. The first-order chi connectivity index (χ1) is 15.1. The molecule has 1 saturated heterocycles. The standard InChI is InChI=1S/C24H19NO5S/c26-22(16-8-9-17-18(13-16)30-11-10-29-17)20-21(19-7-4-12-31-19)25(24(28)23(20)27)14-15-5-2-1-3-6-15/h1-9,12-13,21,26H,10-11,14H2/b22-20+/t21-/m0/s1. The highest BCUT2D eigenvalue weighted by molar-refractivity contribution is 7.10. The number of carbonyl (C=O) groups excluding carboxylic acids is 2. The maximum atomic E-state index is 13.1. The van der Waals surface area contributed by atoms with Gasteiger partial charge < -0.3 is 19.5 Å². The van der Waals surface area contributed by atoms with Crippen molar-refractivity contribution in [3.63, 3.8) is 0 Å². The maximum absolute atomic E-state index is 13.1. The molecule has 1 fully saturated rings. The Morgan fingerprint density at radius 1 is 1.00 bits per heavy atom. The second-order valence-electron chi connectivity index (χ2n) is 7.29. The molecule has 0 saturated carbocycles. The summed E-state index contributed by atoms with van der Waals surface area (Å²) in [6, 6.07) is 17.6. The van der Waals surface area contributed by atoms with Gasteiger partial charge in [-0.15, -0.1) is 11.3 Å². The fourth-order valence-corrected chi connectivity index (χ4v) is 4.76. The maximum Gasteiger partial charge on any atom is 0.295 e. The van der Waals surface area contributed by atoms with Crippen LogP contribution in [0.25, 0.3) is 5.76 Å². The van der Waals surface area contributed by atoms with Crippen molar-refractivity contribution >= 4 is 28.8 Å². The molecule has 3 heterocycles. The average Bonchev–Trinajstić information content (AvgIpc) is 3.42. The predicted molar refractivity (Wildman–Crippen MR) is 116 cm³/mol. The Morgan fingerprint density at radius 2 is 1.77 bits per heavy atom. The van der Waals surface area contributed by atoms with Crippen molar-refractivity contribution in [2.75, 3.05) is 13.2 Å². The van der Waals surface area contributed by atoms with E-state index >= 15 is 0 Å². The smallest absolute Gasteiger partial charge is 0.295 e. The highest BCUT2D eigenvalue weighted by Crippen LogP contribution is 2.43. The lowest BCUT2D eigenvalue weighted by Gasteiger charge is -2.24. The molecule has 1 amide bonds. The van der Waals surface area contributed by atoms with Crippen LogP contribution in [0.15, 0.2) is 71.6 Å². The number of carbonyl (C=O) groups is 2. The molecule has 6 nitrogen and oxygen atoms in total. The topological polar surface area (TPSA) is 76.1 Å². The summed E-state index contributed by atoms with van der Waals surface area (Å²) in [7, 11) is 0. The number of likely N-dealkylation sites (tertiary alicyclic amines) is 1. The Balaban J connectivity index is 1.60. The van der Waals surface area contributed by atoms with E-state index < -0.39 is 17.7 Å². The third kappa shape index (κ3) is 3.47. The van der Waals surface area contributed by atoms with Crippen molar-refractivity contribution in [1.82, 2.24) is 4.90 Å². The monoisotopic (exact) mass is 433 g/mol. The summed E-state index contributed by atoms with van der Waals surface area (Å²) in [6.07, 6.45) is 0. The van der Waals surface area contributed by atoms with E-state index in [1.54, 1.807) is 18.2 Å². The molecule has 0 spiro atoms. The number of rotatable bonds is 4. The minimum absolute atomic E-state index is 0.0834. The molecule has 0 bridgehead atoms. The van der Waals surface area contributed by atoms with Crippen molar-refractivity contribution in [1.29, 1.82) is 0 Å². The number of hydrogen-bond donors (Lipinski definition) is 1. The minimum atomic E-state index is -0.693. The number of aliphatic hydroxyl groups is 1. The molecule has 1 atom stereocenters. The number of hydrogen-bond acceptors (Lipinski definition) is 6. The Bertz CT molecular complexity index is 1170. The van der Waals surface area contributed by atoms with Gasteiger partial charge in [0.1, 0.15) is 19.0 Å². The molecule has 2 aromatic carbocycles. The molecule has 2 aliphatic heterocycles. The Kier molecular flexibility index (Phi) is 4.95. The molecule has 31 heavy (non-hydrogen) atoms. The van der Waals surface area contributed by atoms with Gasteiger partial charge >= 0.3 is 0 Å². The van der Waals surface area contributed by atoms with Crippen LogP contribution >= 0.6 is 11.3 Å². The van der Waals surface area contributed by atoms with Gasteiger partial charge in [0.05, 0.1) is 11.6 Å². The fourth-order valence-electron chi connectivity index (χ4n) is 3.91. The number of amides is 1. The summed E-state index contributed by atoms with van der Waals surface area (Å²) >= 11 is 1.44. The third-order valence-electron chi connectivity index (χ3n) is 5.36. The molecule has 5 rings (SSSR count). The van der Waals surface area contributed by atoms with Gasteiger partial charge in [-0.2, -0.15) is 0 Å². The summed E-state index contributed by atoms with van der Waals surface area (Å²) < 4.78 is 11.1. The van der Waals surface area contributed by atoms with Crippen LogP contribution < -0.4 is 9.47 Å². The van der Waals surface area contributed by atoms with E-state index in [0.29, 0.717) is 30.3 Å². The highest BCUT2D eigenvalue weighted by Gasteiger charge is 2.46. The zero-order valence-electron chi connectivity index (χ0n) is 16.5. The van der Waals surface area contributed by atoms with Crippen LogP contribution in [0.3, 0.4) is 0 Å². The Labute approximate surface area is 183 Å². The molecule has 1 aromatic heterocycles. The van der Waals surface area contributed by atoms with Crippen molar-refractivity contribution in [2.45, 2.75) is 12.6 Å². The molecule has 156 valence electrons. The number of thiophene rings is 1. The van der Waals surface area contributed by atoms with E-state index in [-0.39, 0.29) is 17.9 Å². The van der Waals surface area contributed by atoms with Crippen LogP contribution in [-0.4, -0.2) is 34.9 Å². The highest BCUT2D eigenvalue weighted by atomic mass is 32.1. The number of benzene rings is 2. The summed E-state index contributed by atoms with van der Waals surface area (Å²) in [4.78, 5) is 28.4. The lowest BCUT2D eigenvalue weighted by atomic mass is 9.99. The van der Waals surface area contributed by atoms with Gasteiger partial charge in [-0.1, -0.05) is 36.4 Å². The minimum Gasteiger partial charge on any atom is -0.507 e. The van der Waals surface area contributed by atoms with Crippen molar-refractivity contribution in [2.24, 2.45) is 0 Å². The average molecular weight is 433 g/mol. The summed E-state index contributed by atoms with van der Waals surface area (Å²) in [5.41, 5.74) is 1.40. The van der Waals surface area contributed by atoms with E-state index in [0.717, 1.165) is 10.4 Å². The molecule has 7 heteroatoms. The normalized spacial score (nSPS) is 19.6. The second-order valence-corrected chi connectivity index (χ2v) is 8.27. The molecule has 3 aromatic rings. The van der Waals surface area contributed by atoms with Crippen molar-refractivity contribution < 1.29 is 24.2 Å². The molecule has 2 aliphatic rings. The van der Waals surface area contributed by atoms with Crippen LogP contribution in [0.2, 0.25) is 0 Å². The number of fused-ring (bicyclic) bond motifs is 1. The summed E-state index contributed by atoms with van der Waals surface area (Å²) in [6.45, 7) is 1.14. The van der Waals surface area contributed by atoms with Gasteiger partial charge in [-0.05, 0) is 35.2 Å². The lowest BCUT2D eigenvalue weighted by Crippen LogP contribution is -2.28. The Hall–Kier alpha value is -3.58. The van der Waals surface area contributed by atoms with E-state index in [9.17, 15) is 14.7 Å². The first-order valence-electron chi connectivity index (χ1n) is 9.89. The summed E-state index contributed by atoms with van der Waals surface area (Å²) in [5, 5.41) is 13.0. The molecule has 0 unspecified atom stereocenters. The van der Waals surface area contributed by atoms with E-state index in [1.807, 2.05) is 47.8 Å². The van der Waals surface area contributed by atoms with Gasteiger partial charge in [-0.3, -0.25) is 9.59 Å². The number of ketones is 1. The molecule has 1 N–H and O–H groups in total. The molecule has 0 radical (unpaired) electrons. The van der Waals surface area contributed by atoms with Crippen LogP contribution in [0, 0.1) is 0 Å². The quantitative estimate of drug-likeness (QED) is 0.380. The molecule has 0 aliphatic carbocycles. The lowest BCUT2D eigenvalue weighted by molar-refractivity contribution is -0.140. The number of ether oxygens (including phenoxy) is 2. The van der Waals surface area contributed by atoms with Gasteiger partial charge in [0, 0.05) is 17.0 Å². The van der Waals surface area contributed by atoms with Gasteiger partial charge in [0.25, 0.3) is 11.7 Å². The number of aliphatic hydroxyl groups excluding tert-OH is 1. The van der Waals surface area contributed by atoms with Gasteiger partial charge in [0.15, 0.2) is 11.5 Å². The van der Waals surface area contributed by atoms with Crippen LogP contribution in [0.5, 0.6) is 11.5 Å². The van der Waals surface area contributed by atoms with Gasteiger partial charge in [-0.25, -0.2) is 0 Å². The van der Waals surface area contributed by atoms with Crippen molar-refractivity contribution in [3.8, 4) is 11.5 Å². The fraction of sp³-hybridized carbons (Fsp3) is 0.167. The van der Waals surface area contributed by atoms with Gasteiger partial charge in [0.2, 0.25) is 0 Å². The van der Waals surface area contributed by atoms with Crippen LogP contribution in [0.4, 0.5) is 0 Å². The first-order valence-corrected chi connectivity index (χ1v) is 10.8. The number of Topliss-reactive ketones (excluding diaryl/α,β-unsaturated/α-hetero) is 1. The first kappa shape index (κ1) is 19.4. The number of nitrogens with zero attached hydrogens (tertiary/aromatic N) is 1. The van der Waals surface area contributed by atoms with Crippen LogP contribution in [0.1, 0.15) is 22.0 Å². The van der Waals surface area contributed by atoms with E-state index in [4.69, 9.17) is 9.47 Å². The second kappa shape index (κ2) is 7.92. The zero-order chi connectivity index (χ0) is 21.4. The van der Waals surface area contributed by atoms with E-state index in [1.165, 1.54) is 16.2 Å².